The molecule has 0 aromatic carbocycles. The van der Waals surface area contributed by atoms with Gasteiger partial charge in [-0.3, -0.25) is 4.90 Å². The van der Waals surface area contributed by atoms with E-state index in [1.807, 2.05) is 14.1 Å². The van der Waals surface area contributed by atoms with Gasteiger partial charge in [-0.15, -0.1) is 0 Å². The zero-order valence-electron chi connectivity index (χ0n) is 11.1. The maximum Gasteiger partial charge on any atom is 0.220 e. The number of sulfonamides is 1. The first-order valence-corrected chi connectivity index (χ1v) is 7.86. The molecule has 2 unspecified atom stereocenters. The van der Waals surface area contributed by atoms with E-state index in [0.29, 0.717) is 6.54 Å². The van der Waals surface area contributed by atoms with Crippen LogP contribution in [0.2, 0.25) is 0 Å². The van der Waals surface area contributed by atoms with E-state index in [9.17, 15) is 8.42 Å². The Balaban J connectivity index is 2.56. The van der Waals surface area contributed by atoms with Crippen LogP contribution in [0.1, 0.15) is 6.92 Å². The first-order chi connectivity index (χ1) is 8.24. The highest BCUT2D eigenvalue weighted by atomic mass is 32.2. The molecule has 1 fully saturated rings. The Hall–Kier alpha value is -0.280. The lowest BCUT2D eigenvalue weighted by Gasteiger charge is -2.37. The van der Waals surface area contributed by atoms with Gasteiger partial charge in [0.1, 0.15) is 5.25 Å². The molecule has 0 bridgehead atoms. The fourth-order valence-electron chi connectivity index (χ4n) is 1.81. The Kier molecular flexibility index (Phi) is 5.47. The van der Waals surface area contributed by atoms with Gasteiger partial charge in [0.05, 0.1) is 4.99 Å². The Morgan fingerprint density at radius 3 is 2.67 bits per heavy atom. The second kappa shape index (κ2) is 6.25. The second-order valence-electron chi connectivity index (χ2n) is 4.83. The zero-order chi connectivity index (χ0) is 13.9. The normalized spacial score (nSPS) is 24.9. The molecule has 0 amide bonds. The van der Waals surface area contributed by atoms with Crippen LogP contribution in [-0.2, 0) is 10.0 Å². The van der Waals surface area contributed by atoms with Crippen molar-refractivity contribution in [3.8, 4) is 0 Å². The summed E-state index contributed by atoms with van der Waals surface area (Å²) in [6.07, 6.45) is 0. The van der Waals surface area contributed by atoms with Crippen LogP contribution in [0.15, 0.2) is 0 Å². The quantitative estimate of drug-likeness (QED) is 0.622. The van der Waals surface area contributed by atoms with Crippen LogP contribution in [0.25, 0.3) is 0 Å². The Bertz CT molecular complexity index is 399. The van der Waals surface area contributed by atoms with Gasteiger partial charge in [-0.2, -0.15) is 0 Å². The van der Waals surface area contributed by atoms with E-state index in [2.05, 4.69) is 14.5 Å². The van der Waals surface area contributed by atoms with Crippen LogP contribution >= 0.6 is 12.2 Å². The molecule has 0 aromatic heterocycles. The Morgan fingerprint density at radius 2 is 2.11 bits per heavy atom. The third kappa shape index (κ3) is 4.13. The molecule has 1 saturated heterocycles. The van der Waals surface area contributed by atoms with Crippen molar-refractivity contribution in [2.75, 3.05) is 40.3 Å². The summed E-state index contributed by atoms with van der Waals surface area (Å²) < 4.78 is 26.4. The fourth-order valence-corrected chi connectivity index (χ4v) is 3.17. The first kappa shape index (κ1) is 15.8. The smallest absolute Gasteiger partial charge is 0.220 e. The van der Waals surface area contributed by atoms with Crippen molar-refractivity contribution in [1.29, 1.82) is 0 Å². The maximum absolute atomic E-state index is 11.9. The summed E-state index contributed by atoms with van der Waals surface area (Å²) in [5.74, 6) is 0. The molecule has 1 rings (SSSR count). The molecular weight excluding hydrogens is 272 g/mol. The molecule has 1 aliphatic heterocycles. The minimum absolute atomic E-state index is 0.00313. The standard InChI is InChI=1S/C10H22N4O2S2/c1-8(10(11)17)18(15,16)12-6-9-7-13(2)4-5-14(9)3/h8-9,12H,4-7H2,1-3H3,(H2,11,17). The second-order valence-corrected chi connectivity index (χ2v) is 7.39. The van der Waals surface area contributed by atoms with E-state index in [1.165, 1.54) is 6.92 Å². The molecule has 0 saturated carbocycles. The predicted molar refractivity (Wildman–Crippen MR) is 77.1 cm³/mol. The topological polar surface area (TPSA) is 78.7 Å². The first-order valence-electron chi connectivity index (χ1n) is 5.90. The van der Waals surface area contributed by atoms with E-state index in [1.54, 1.807) is 0 Å². The minimum atomic E-state index is -3.46. The van der Waals surface area contributed by atoms with Gasteiger partial charge >= 0.3 is 0 Å². The maximum atomic E-state index is 11.9. The molecule has 0 aliphatic carbocycles. The lowest BCUT2D eigenvalue weighted by atomic mass is 10.2. The van der Waals surface area contributed by atoms with Crippen LogP contribution in [0.3, 0.4) is 0 Å². The van der Waals surface area contributed by atoms with E-state index < -0.39 is 15.3 Å². The third-order valence-corrected chi connectivity index (χ3v) is 5.62. The molecule has 18 heavy (non-hydrogen) atoms. The van der Waals surface area contributed by atoms with E-state index in [-0.39, 0.29) is 11.0 Å². The molecule has 106 valence electrons. The zero-order valence-corrected chi connectivity index (χ0v) is 12.7. The largest absolute Gasteiger partial charge is 0.392 e. The molecule has 3 N–H and O–H groups in total. The highest BCUT2D eigenvalue weighted by Gasteiger charge is 2.27. The Labute approximate surface area is 115 Å². The van der Waals surface area contributed by atoms with Gasteiger partial charge in [-0.1, -0.05) is 12.2 Å². The molecule has 2 atom stereocenters. The number of hydrogen-bond acceptors (Lipinski definition) is 5. The van der Waals surface area contributed by atoms with Gasteiger partial charge in [-0.05, 0) is 21.0 Å². The van der Waals surface area contributed by atoms with Crippen molar-refractivity contribution in [2.45, 2.75) is 18.2 Å². The molecule has 0 aromatic rings. The summed E-state index contributed by atoms with van der Waals surface area (Å²) in [7, 11) is 0.576. The van der Waals surface area contributed by atoms with Crippen molar-refractivity contribution >= 4 is 27.2 Å². The van der Waals surface area contributed by atoms with Gasteiger partial charge in [0.25, 0.3) is 0 Å². The summed E-state index contributed by atoms with van der Waals surface area (Å²) in [6, 6.07) is 0.178. The van der Waals surface area contributed by atoms with Gasteiger partial charge in [-0.25, -0.2) is 13.1 Å². The van der Waals surface area contributed by atoms with Crippen LogP contribution < -0.4 is 10.5 Å². The fraction of sp³-hybridized carbons (Fsp3) is 0.900. The van der Waals surface area contributed by atoms with Crippen LogP contribution in [0, 0.1) is 0 Å². The monoisotopic (exact) mass is 294 g/mol. The lowest BCUT2D eigenvalue weighted by molar-refractivity contribution is 0.117. The van der Waals surface area contributed by atoms with E-state index in [0.717, 1.165) is 19.6 Å². The number of likely N-dealkylation sites (N-methyl/N-ethyl adjacent to an activating group) is 2. The van der Waals surface area contributed by atoms with Crippen molar-refractivity contribution in [2.24, 2.45) is 5.73 Å². The molecule has 0 spiro atoms. The number of nitrogens with zero attached hydrogens (tertiary/aromatic N) is 2. The van der Waals surface area contributed by atoms with Crippen LogP contribution in [0.5, 0.6) is 0 Å². The number of thiocarbonyl (C=S) groups is 1. The highest BCUT2D eigenvalue weighted by molar-refractivity contribution is 7.93. The number of piperazine rings is 1. The summed E-state index contributed by atoms with van der Waals surface area (Å²) in [4.78, 5) is 4.35. The summed E-state index contributed by atoms with van der Waals surface area (Å²) in [5, 5.41) is -0.834. The number of nitrogens with one attached hydrogen (secondary N) is 1. The third-order valence-electron chi connectivity index (χ3n) is 3.37. The molecule has 8 heteroatoms. The summed E-state index contributed by atoms with van der Waals surface area (Å²) in [5.41, 5.74) is 5.37. The van der Waals surface area contributed by atoms with E-state index in [4.69, 9.17) is 18.0 Å². The van der Waals surface area contributed by atoms with Crippen molar-refractivity contribution in [3.05, 3.63) is 0 Å². The van der Waals surface area contributed by atoms with Crippen LogP contribution in [0.4, 0.5) is 0 Å². The summed E-state index contributed by atoms with van der Waals surface area (Å²) in [6.45, 7) is 4.68. The van der Waals surface area contributed by atoms with Crippen molar-refractivity contribution in [1.82, 2.24) is 14.5 Å². The highest BCUT2D eigenvalue weighted by Crippen LogP contribution is 2.06. The minimum Gasteiger partial charge on any atom is -0.392 e. The number of hydrogen-bond donors (Lipinski definition) is 2. The molecular formula is C10H22N4O2S2. The van der Waals surface area contributed by atoms with Gasteiger partial charge < -0.3 is 10.6 Å². The SMILES string of the molecule is CC(C(N)=S)S(=O)(=O)NCC1CN(C)CCN1C. The van der Waals surface area contributed by atoms with Crippen LogP contribution in [-0.4, -0.2) is 74.8 Å². The van der Waals surface area contributed by atoms with Gasteiger partial charge in [0.2, 0.25) is 10.0 Å². The lowest BCUT2D eigenvalue weighted by Crippen LogP contribution is -2.55. The molecule has 1 aliphatic rings. The summed E-state index contributed by atoms with van der Waals surface area (Å²) >= 11 is 4.72. The molecule has 0 radical (unpaired) electrons. The Morgan fingerprint density at radius 1 is 1.50 bits per heavy atom. The number of nitrogens with two attached hydrogens (primary N) is 1. The van der Waals surface area contributed by atoms with Crippen molar-refractivity contribution < 1.29 is 8.42 Å². The number of rotatable bonds is 5. The van der Waals surface area contributed by atoms with Crippen molar-refractivity contribution in [3.63, 3.8) is 0 Å². The molecule has 1 heterocycles. The average molecular weight is 294 g/mol. The molecule has 6 nitrogen and oxygen atoms in total. The predicted octanol–water partition coefficient (Wildman–Crippen LogP) is -1.17. The van der Waals surface area contributed by atoms with E-state index >= 15 is 0 Å². The van der Waals surface area contributed by atoms with Gasteiger partial charge in [0, 0.05) is 32.2 Å². The van der Waals surface area contributed by atoms with Gasteiger partial charge in [0.15, 0.2) is 0 Å². The average Bonchev–Trinajstić information content (AvgIpc) is 2.29.